The average Bonchev–Trinajstić information content (AvgIpc) is 2.60. The third-order valence-corrected chi connectivity index (χ3v) is 4.28. The van der Waals surface area contributed by atoms with E-state index in [0.29, 0.717) is 13.0 Å². The molecule has 0 atom stereocenters. The minimum Gasteiger partial charge on any atom is -0.494 e. The summed E-state index contributed by atoms with van der Waals surface area (Å²) in [6, 6.07) is 19.4. The highest BCUT2D eigenvalue weighted by atomic mass is 16.3. The first-order valence-electron chi connectivity index (χ1n) is 8.16. The van der Waals surface area contributed by atoms with Gasteiger partial charge in [-0.3, -0.25) is 9.36 Å². The van der Waals surface area contributed by atoms with Crippen LogP contribution in [0.4, 0.5) is 0 Å². The fourth-order valence-electron chi connectivity index (χ4n) is 2.92. The van der Waals surface area contributed by atoms with Gasteiger partial charge in [-0.15, -0.1) is 0 Å². The highest BCUT2D eigenvalue weighted by Gasteiger charge is 2.14. The Morgan fingerprint density at radius 1 is 1.00 bits per heavy atom. The lowest BCUT2D eigenvalue weighted by molar-refractivity contribution is 0.414. The number of hydrogen-bond donors (Lipinski definition) is 1. The first kappa shape index (κ1) is 16.1. The molecule has 0 aliphatic carbocycles. The van der Waals surface area contributed by atoms with E-state index >= 15 is 0 Å². The van der Waals surface area contributed by atoms with Crippen LogP contribution in [0.1, 0.15) is 23.6 Å². The summed E-state index contributed by atoms with van der Waals surface area (Å²) in [6.07, 6.45) is 0.622. The maximum atomic E-state index is 12.9. The Morgan fingerprint density at radius 3 is 2.29 bits per heavy atom. The molecule has 2 aromatic carbocycles. The van der Waals surface area contributed by atoms with Gasteiger partial charge < -0.3 is 5.11 Å². The lowest BCUT2D eigenvalue weighted by atomic mass is 9.99. The van der Waals surface area contributed by atoms with E-state index in [9.17, 15) is 9.90 Å². The molecule has 3 rings (SSSR count). The van der Waals surface area contributed by atoms with E-state index in [1.807, 2.05) is 68.4 Å². The normalized spacial score (nSPS) is 10.8. The van der Waals surface area contributed by atoms with Gasteiger partial charge in [-0.05, 0) is 30.0 Å². The summed E-state index contributed by atoms with van der Waals surface area (Å²) in [7, 11) is 0. The molecule has 122 valence electrons. The number of pyridine rings is 1. The second kappa shape index (κ2) is 6.75. The van der Waals surface area contributed by atoms with Gasteiger partial charge in [0.2, 0.25) is 0 Å². The van der Waals surface area contributed by atoms with E-state index in [0.717, 1.165) is 22.3 Å². The number of aryl methyl sites for hydroxylation is 1. The van der Waals surface area contributed by atoms with Crippen molar-refractivity contribution in [1.29, 1.82) is 0 Å². The highest BCUT2D eigenvalue weighted by Crippen LogP contribution is 2.26. The van der Waals surface area contributed by atoms with Gasteiger partial charge in [0.25, 0.3) is 5.56 Å². The van der Waals surface area contributed by atoms with Crippen molar-refractivity contribution in [2.24, 2.45) is 0 Å². The zero-order valence-electron chi connectivity index (χ0n) is 14.0. The van der Waals surface area contributed by atoms with Gasteiger partial charge >= 0.3 is 0 Å². The fourth-order valence-corrected chi connectivity index (χ4v) is 2.92. The average molecular weight is 319 g/mol. The standard InChI is InChI=1S/C21H21NO2/c1-3-18-19(17-7-5-4-6-8-17)13-20(23)22(21(18)24)14-16-11-9-15(2)10-12-16/h4-13,23H,3,14H2,1-2H3. The number of nitrogens with zero attached hydrogens (tertiary/aromatic N) is 1. The van der Waals surface area contributed by atoms with Crippen LogP contribution < -0.4 is 5.56 Å². The van der Waals surface area contributed by atoms with Crippen LogP contribution in [0.2, 0.25) is 0 Å². The third kappa shape index (κ3) is 3.11. The second-order valence-corrected chi connectivity index (χ2v) is 5.99. The lowest BCUT2D eigenvalue weighted by Gasteiger charge is -2.15. The summed E-state index contributed by atoms with van der Waals surface area (Å²) in [5.74, 6) is -0.00312. The molecule has 3 heteroatoms. The minimum absolute atomic E-state index is 0.00312. The molecule has 3 aromatic rings. The van der Waals surface area contributed by atoms with Gasteiger partial charge in [-0.1, -0.05) is 67.1 Å². The van der Waals surface area contributed by atoms with Crippen molar-refractivity contribution >= 4 is 0 Å². The Morgan fingerprint density at radius 2 is 1.67 bits per heavy atom. The van der Waals surface area contributed by atoms with Crippen molar-refractivity contribution in [3.05, 3.63) is 87.7 Å². The zero-order chi connectivity index (χ0) is 17.1. The summed E-state index contributed by atoms with van der Waals surface area (Å²) in [6.45, 7) is 4.36. The van der Waals surface area contributed by atoms with E-state index in [2.05, 4.69) is 0 Å². The van der Waals surface area contributed by atoms with Crippen molar-refractivity contribution in [3.8, 4) is 17.0 Å². The summed E-state index contributed by atoms with van der Waals surface area (Å²) in [5.41, 5.74) is 4.52. The van der Waals surface area contributed by atoms with E-state index in [4.69, 9.17) is 0 Å². The summed E-state index contributed by atoms with van der Waals surface area (Å²) >= 11 is 0. The predicted octanol–water partition coefficient (Wildman–Crippen LogP) is 4.14. The SMILES string of the molecule is CCc1c(-c2ccccc2)cc(O)n(Cc2ccc(C)cc2)c1=O. The molecule has 0 fully saturated rings. The van der Waals surface area contributed by atoms with Crippen molar-refractivity contribution in [3.63, 3.8) is 0 Å². The fraction of sp³-hybridized carbons (Fsp3) is 0.190. The molecule has 0 bridgehead atoms. The van der Waals surface area contributed by atoms with Crippen LogP contribution in [0.15, 0.2) is 65.5 Å². The minimum atomic E-state index is -0.128. The quantitative estimate of drug-likeness (QED) is 0.785. The topological polar surface area (TPSA) is 42.2 Å². The van der Waals surface area contributed by atoms with Crippen LogP contribution in [0.25, 0.3) is 11.1 Å². The molecule has 0 spiro atoms. The first-order valence-corrected chi connectivity index (χ1v) is 8.16. The van der Waals surface area contributed by atoms with Crippen molar-refractivity contribution < 1.29 is 5.11 Å². The molecule has 1 heterocycles. The number of rotatable bonds is 4. The molecule has 0 amide bonds. The largest absolute Gasteiger partial charge is 0.494 e. The van der Waals surface area contributed by atoms with E-state index in [1.54, 1.807) is 6.07 Å². The smallest absolute Gasteiger partial charge is 0.257 e. The number of benzene rings is 2. The molecule has 1 N–H and O–H groups in total. The van der Waals surface area contributed by atoms with Crippen LogP contribution >= 0.6 is 0 Å². The van der Waals surface area contributed by atoms with Crippen molar-refractivity contribution in [1.82, 2.24) is 4.57 Å². The van der Waals surface area contributed by atoms with Crippen LogP contribution in [0.5, 0.6) is 5.88 Å². The first-order chi connectivity index (χ1) is 11.6. The van der Waals surface area contributed by atoms with E-state index in [1.165, 1.54) is 10.1 Å². The molecule has 0 radical (unpaired) electrons. The molecule has 3 nitrogen and oxygen atoms in total. The molecule has 0 saturated carbocycles. The van der Waals surface area contributed by atoms with Crippen LogP contribution in [0.3, 0.4) is 0 Å². The van der Waals surface area contributed by atoms with Crippen LogP contribution in [-0.2, 0) is 13.0 Å². The van der Waals surface area contributed by atoms with E-state index < -0.39 is 0 Å². The maximum Gasteiger partial charge on any atom is 0.257 e. The van der Waals surface area contributed by atoms with Gasteiger partial charge in [0.15, 0.2) is 5.88 Å². The van der Waals surface area contributed by atoms with Gasteiger partial charge in [0.05, 0.1) is 6.54 Å². The molecular formula is C21H21NO2. The van der Waals surface area contributed by atoms with Crippen molar-refractivity contribution in [2.45, 2.75) is 26.8 Å². The highest BCUT2D eigenvalue weighted by molar-refractivity contribution is 5.68. The van der Waals surface area contributed by atoms with Crippen LogP contribution in [-0.4, -0.2) is 9.67 Å². The Kier molecular flexibility index (Phi) is 4.52. The Bertz CT molecular complexity index is 894. The second-order valence-electron chi connectivity index (χ2n) is 5.99. The van der Waals surface area contributed by atoms with Gasteiger partial charge in [0, 0.05) is 11.6 Å². The molecule has 0 aliphatic rings. The van der Waals surface area contributed by atoms with E-state index in [-0.39, 0.29) is 11.4 Å². The van der Waals surface area contributed by atoms with Crippen LogP contribution in [0, 0.1) is 6.92 Å². The molecule has 0 aliphatic heterocycles. The van der Waals surface area contributed by atoms with Gasteiger partial charge in [-0.2, -0.15) is 0 Å². The summed E-state index contributed by atoms with van der Waals surface area (Å²) in [4.78, 5) is 12.9. The Hall–Kier alpha value is -2.81. The van der Waals surface area contributed by atoms with Gasteiger partial charge in [0.1, 0.15) is 0 Å². The predicted molar refractivity (Wildman–Crippen MR) is 97.5 cm³/mol. The lowest BCUT2D eigenvalue weighted by Crippen LogP contribution is -2.24. The maximum absolute atomic E-state index is 12.9. The molecule has 1 aromatic heterocycles. The third-order valence-electron chi connectivity index (χ3n) is 4.28. The molecule has 24 heavy (non-hydrogen) atoms. The number of aromatic nitrogens is 1. The number of aromatic hydroxyl groups is 1. The van der Waals surface area contributed by atoms with Crippen molar-refractivity contribution in [2.75, 3.05) is 0 Å². The Balaban J connectivity index is 2.09. The van der Waals surface area contributed by atoms with Gasteiger partial charge in [-0.25, -0.2) is 0 Å². The molecule has 0 unspecified atom stereocenters. The monoisotopic (exact) mass is 319 g/mol. The summed E-state index contributed by atoms with van der Waals surface area (Å²) < 4.78 is 1.44. The summed E-state index contributed by atoms with van der Waals surface area (Å²) in [5, 5.41) is 10.4. The molecular weight excluding hydrogens is 298 g/mol. The Labute approximate surface area is 141 Å². The zero-order valence-corrected chi connectivity index (χ0v) is 14.0. The number of hydrogen-bond acceptors (Lipinski definition) is 2. The molecule has 0 saturated heterocycles.